The van der Waals surface area contributed by atoms with Gasteiger partial charge >= 0.3 is 6.18 Å². The molecule has 0 spiro atoms. The van der Waals surface area contributed by atoms with E-state index in [1.807, 2.05) is 0 Å². The second-order valence-corrected chi connectivity index (χ2v) is 3.51. The average molecular weight is 240 g/mol. The van der Waals surface area contributed by atoms with Gasteiger partial charge in [-0.1, -0.05) is 23.7 Å². The summed E-state index contributed by atoms with van der Waals surface area (Å²) in [6, 6.07) is 4.91. The lowest BCUT2D eigenvalue weighted by Crippen LogP contribution is -2.48. The lowest BCUT2D eigenvalue weighted by Gasteiger charge is -2.29. The lowest BCUT2D eigenvalue weighted by atomic mass is 9.93. The van der Waals surface area contributed by atoms with E-state index in [1.165, 1.54) is 12.1 Å². The highest BCUT2D eigenvalue weighted by Gasteiger charge is 2.54. The van der Waals surface area contributed by atoms with Crippen LogP contribution in [0.5, 0.6) is 0 Å². The smallest absolute Gasteiger partial charge is 0.375 e. The Morgan fingerprint density at radius 1 is 1.33 bits per heavy atom. The number of aliphatic hydroxyl groups is 1. The summed E-state index contributed by atoms with van der Waals surface area (Å²) in [5.41, 5.74) is 1.56. The van der Waals surface area contributed by atoms with Gasteiger partial charge in [0.1, 0.15) is 0 Å². The molecular formula is C9H9ClF3NO. The number of benzene rings is 1. The largest absolute Gasteiger partial charge is 0.422 e. The van der Waals surface area contributed by atoms with E-state index in [4.69, 9.17) is 17.3 Å². The lowest BCUT2D eigenvalue weighted by molar-refractivity contribution is -0.262. The highest BCUT2D eigenvalue weighted by molar-refractivity contribution is 6.30. The van der Waals surface area contributed by atoms with Crippen molar-refractivity contribution in [3.05, 3.63) is 34.9 Å². The SMILES string of the molecule is NCC(O)(c1cccc(Cl)c1)C(F)(F)F. The van der Waals surface area contributed by atoms with Crippen molar-refractivity contribution in [2.75, 3.05) is 6.54 Å². The monoisotopic (exact) mass is 239 g/mol. The Bertz CT molecular complexity index is 355. The Kier molecular flexibility index (Phi) is 3.28. The highest BCUT2D eigenvalue weighted by Crippen LogP contribution is 2.38. The van der Waals surface area contributed by atoms with Gasteiger partial charge in [0.05, 0.1) is 0 Å². The zero-order valence-electron chi connectivity index (χ0n) is 7.55. The maximum atomic E-state index is 12.5. The van der Waals surface area contributed by atoms with Crippen LogP contribution in [0.1, 0.15) is 5.56 Å². The van der Waals surface area contributed by atoms with Crippen molar-refractivity contribution in [2.45, 2.75) is 11.8 Å². The first-order chi connectivity index (χ1) is 6.81. The van der Waals surface area contributed by atoms with Crippen LogP contribution in [0, 0.1) is 0 Å². The van der Waals surface area contributed by atoms with E-state index in [9.17, 15) is 18.3 Å². The van der Waals surface area contributed by atoms with Crippen molar-refractivity contribution >= 4 is 11.6 Å². The first-order valence-corrected chi connectivity index (χ1v) is 4.44. The molecule has 0 aliphatic rings. The van der Waals surface area contributed by atoms with Gasteiger partial charge in [0.15, 0.2) is 5.60 Å². The average Bonchev–Trinajstić information content (AvgIpc) is 2.14. The molecule has 15 heavy (non-hydrogen) atoms. The summed E-state index contributed by atoms with van der Waals surface area (Å²) in [5, 5.41) is 9.56. The fraction of sp³-hybridized carbons (Fsp3) is 0.333. The van der Waals surface area contributed by atoms with E-state index in [-0.39, 0.29) is 10.6 Å². The van der Waals surface area contributed by atoms with E-state index in [1.54, 1.807) is 0 Å². The number of nitrogens with two attached hydrogens (primary N) is 1. The van der Waals surface area contributed by atoms with Crippen molar-refractivity contribution in [3.8, 4) is 0 Å². The first-order valence-electron chi connectivity index (χ1n) is 4.06. The molecule has 1 aromatic carbocycles. The molecule has 3 N–H and O–H groups in total. The summed E-state index contributed by atoms with van der Waals surface area (Å²) in [4.78, 5) is 0. The van der Waals surface area contributed by atoms with Crippen molar-refractivity contribution in [3.63, 3.8) is 0 Å². The zero-order chi connectivity index (χ0) is 11.7. The molecule has 0 saturated carbocycles. The minimum Gasteiger partial charge on any atom is -0.375 e. The minimum atomic E-state index is -4.83. The standard InChI is InChI=1S/C9H9ClF3NO/c10-7-3-1-2-6(4-7)8(15,5-14)9(11,12)13/h1-4,15H,5,14H2. The molecule has 1 aromatic rings. The van der Waals surface area contributed by atoms with Crippen molar-refractivity contribution in [1.29, 1.82) is 0 Å². The molecule has 0 aromatic heterocycles. The van der Waals surface area contributed by atoms with Gasteiger partial charge in [-0.25, -0.2) is 0 Å². The van der Waals surface area contributed by atoms with E-state index in [0.29, 0.717) is 0 Å². The van der Waals surface area contributed by atoms with Gasteiger partial charge in [-0.2, -0.15) is 13.2 Å². The molecule has 6 heteroatoms. The number of hydrogen-bond donors (Lipinski definition) is 2. The maximum absolute atomic E-state index is 12.5. The van der Waals surface area contributed by atoms with Crippen LogP contribution >= 0.6 is 11.6 Å². The number of halogens is 4. The van der Waals surface area contributed by atoms with Gasteiger partial charge in [0.2, 0.25) is 0 Å². The Labute approximate surface area is 89.5 Å². The summed E-state index contributed by atoms with van der Waals surface area (Å²) >= 11 is 5.54. The van der Waals surface area contributed by atoms with Crippen LogP contribution in [0.4, 0.5) is 13.2 Å². The van der Waals surface area contributed by atoms with Crippen LogP contribution in [0.25, 0.3) is 0 Å². The van der Waals surface area contributed by atoms with Gasteiger partial charge in [0.25, 0.3) is 0 Å². The normalized spacial score (nSPS) is 16.1. The second-order valence-electron chi connectivity index (χ2n) is 3.07. The molecule has 0 bridgehead atoms. The molecule has 1 rings (SSSR count). The fourth-order valence-corrected chi connectivity index (χ4v) is 1.33. The predicted molar refractivity (Wildman–Crippen MR) is 50.5 cm³/mol. The Morgan fingerprint density at radius 3 is 2.33 bits per heavy atom. The predicted octanol–water partition coefficient (Wildman–Crippen LogP) is 2.05. The van der Waals surface area contributed by atoms with E-state index >= 15 is 0 Å². The fourth-order valence-electron chi connectivity index (χ4n) is 1.14. The Morgan fingerprint density at radius 2 is 1.93 bits per heavy atom. The minimum absolute atomic E-state index is 0.114. The number of hydrogen-bond acceptors (Lipinski definition) is 2. The summed E-state index contributed by atoms with van der Waals surface area (Å²) in [7, 11) is 0. The molecule has 1 atom stereocenters. The second kappa shape index (κ2) is 4.00. The molecule has 0 aliphatic carbocycles. The van der Waals surface area contributed by atoms with Gasteiger partial charge in [-0.15, -0.1) is 0 Å². The van der Waals surface area contributed by atoms with Crippen LogP contribution < -0.4 is 5.73 Å². The molecule has 0 heterocycles. The van der Waals surface area contributed by atoms with Crippen molar-refractivity contribution < 1.29 is 18.3 Å². The topological polar surface area (TPSA) is 46.2 Å². The third-order valence-electron chi connectivity index (χ3n) is 2.07. The summed E-state index contributed by atoms with van der Waals surface area (Å²) in [6.07, 6.45) is -4.83. The van der Waals surface area contributed by atoms with Gasteiger partial charge in [-0.3, -0.25) is 0 Å². The third-order valence-corrected chi connectivity index (χ3v) is 2.30. The molecule has 0 radical (unpaired) electrons. The van der Waals surface area contributed by atoms with Crippen LogP contribution in [-0.2, 0) is 5.60 Å². The Balaban J connectivity index is 3.23. The zero-order valence-corrected chi connectivity index (χ0v) is 8.31. The summed E-state index contributed by atoms with van der Waals surface area (Å²) < 4.78 is 37.6. The Hall–Kier alpha value is -0.780. The maximum Gasteiger partial charge on any atom is 0.422 e. The molecule has 0 amide bonds. The summed E-state index contributed by atoms with van der Waals surface area (Å²) in [5.74, 6) is 0. The number of alkyl halides is 3. The molecule has 0 aliphatic heterocycles. The van der Waals surface area contributed by atoms with Crippen LogP contribution in [0.15, 0.2) is 24.3 Å². The van der Waals surface area contributed by atoms with E-state index < -0.39 is 18.3 Å². The molecule has 0 fully saturated rings. The first kappa shape index (κ1) is 12.3. The van der Waals surface area contributed by atoms with Crippen LogP contribution in [0.2, 0.25) is 5.02 Å². The number of rotatable bonds is 2. The van der Waals surface area contributed by atoms with E-state index in [0.717, 1.165) is 12.1 Å². The molecule has 84 valence electrons. The van der Waals surface area contributed by atoms with Crippen molar-refractivity contribution in [1.82, 2.24) is 0 Å². The molecule has 1 unspecified atom stereocenters. The van der Waals surface area contributed by atoms with Crippen LogP contribution in [-0.4, -0.2) is 17.8 Å². The molecule has 2 nitrogen and oxygen atoms in total. The van der Waals surface area contributed by atoms with E-state index in [2.05, 4.69) is 0 Å². The van der Waals surface area contributed by atoms with Crippen molar-refractivity contribution in [2.24, 2.45) is 5.73 Å². The summed E-state index contributed by atoms with van der Waals surface area (Å²) in [6.45, 7) is -0.948. The van der Waals surface area contributed by atoms with Gasteiger partial charge < -0.3 is 10.8 Å². The quantitative estimate of drug-likeness (QED) is 0.830. The molecular weight excluding hydrogens is 231 g/mol. The van der Waals surface area contributed by atoms with Crippen LogP contribution in [0.3, 0.4) is 0 Å². The van der Waals surface area contributed by atoms with Gasteiger partial charge in [-0.05, 0) is 17.7 Å². The highest BCUT2D eigenvalue weighted by atomic mass is 35.5. The van der Waals surface area contributed by atoms with Gasteiger partial charge in [0, 0.05) is 11.6 Å². The third kappa shape index (κ3) is 2.25. The molecule has 0 saturated heterocycles.